The van der Waals surface area contributed by atoms with Crippen LogP contribution in [-0.4, -0.2) is 31.4 Å². The molecule has 0 saturated carbocycles. The summed E-state index contributed by atoms with van der Waals surface area (Å²) in [6.07, 6.45) is 0.810. The summed E-state index contributed by atoms with van der Waals surface area (Å²) in [5.74, 6) is -0.228. The number of hydrogen-bond donors (Lipinski definition) is 3. The van der Waals surface area contributed by atoms with Crippen LogP contribution in [0.5, 0.6) is 0 Å². The summed E-state index contributed by atoms with van der Waals surface area (Å²) in [7, 11) is 0. The Hall–Kier alpha value is -1.88. The molecule has 1 atom stereocenters. The maximum Gasteiger partial charge on any atom is 0.239 e. The van der Waals surface area contributed by atoms with Crippen molar-refractivity contribution in [2.45, 2.75) is 19.9 Å². The molecule has 1 aromatic carbocycles. The Morgan fingerprint density at radius 3 is 2.65 bits per heavy atom. The lowest BCUT2D eigenvalue weighted by molar-refractivity contribution is -0.131. The molecule has 5 heteroatoms. The predicted molar refractivity (Wildman–Crippen MR) is 76.9 cm³/mol. The molecule has 1 aliphatic heterocycles. The van der Waals surface area contributed by atoms with Crippen molar-refractivity contribution in [2.24, 2.45) is 5.41 Å². The second-order valence-corrected chi connectivity index (χ2v) is 5.43. The molecule has 1 unspecified atom stereocenters. The fraction of sp³-hybridized carbons (Fsp3) is 0.467. The van der Waals surface area contributed by atoms with E-state index in [0.717, 1.165) is 18.5 Å². The molecule has 1 heterocycles. The number of hydrogen-bond acceptors (Lipinski definition) is 3. The molecule has 0 aromatic heterocycles. The first-order valence-electron chi connectivity index (χ1n) is 6.90. The minimum Gasteiger partial charge on any atom is -0.350 e. The van der Waals surface area contributed by atoms with Crippen LogP contribution in [0.2, 0.25) is 0 Å². The lowest BCUT2D eigenvalue weighted by atomic mass is 9.89. The van der Waals surface area contributed by atoms with Crippen molar-refractivity contribution >= 4 is 11.8 Å². The largest absolute Gasteiger partial charge is 0.350 e. The van der Waals surface area contributed by atoms with Crippen LogP contribution in [0, 0.1) is 5.41 Å². The molecule has 20 heavy (non-hydrogen) atoms. The summed E-state index contributed by atoms with van der Waals surface area (Å²) in [6, 6.07) is 9.68. The van der Waals surface area contributed by atoms with Crippen LogP contribution in [0.1, 0.15) is 18.9 Å². The van der Waals surface area contributed by atoms with Crippen LogP contribution in [0.3, 0.4) is 0 Å². The minimum absolute atomic E-state index is 0.0290. The van der Waals surface area contributed by atoms with Gasteiger partial charge in [0, 0.05) is 13.1 Å². The van der Waals surface area contributed by atoms with Crippen LogP contribution in [0.15, 0.2) is 30.3 Å². The second-order valence-electron chi connectivity index (χ2n) is 5.43. The van der Waals surface area contributed by atoms with Crippen LogP contribution >= 0.6 is 0 Å². The first-order valence-corrected chi connectivity index (χ1v) is 6.90. The Kier molecular flexibility index (Phi) is 4.74. The van der Waals surface area contributed by atoms with E-state index in [1.54, 1.807) is 0 Å². The summed E-state index contributed by atoms with van der Waals surface area (Å²) in [6.45, 7) is 3.95. The molecule has 5 nitrogen and oxygen atoms in total. The highest BCUT2D eigenvalue weighted by atomic mass is 16.2. The molecule has 1 aliphatic rings. The fourth-order valence-electron chi connectivity index (χ4n) is 2.24. The predicted octanol–water partition coefficient (Wildman–Crippen LogP) is 0.419. The molecule has 1 fully saturated rings. The van der Waals surface area contributed by atoms with Gasteiger partial charge in [-0.1, -0.05) is 30.3 Å². The Labute approximate surface area is 119 Å². The molecule has 3 N–H and O–H groups in total. The van der Waals surface area contributed by atoms with Crippen molar-refractivity contribution in [1.29, 1.82) is 0 Å². The highest BCUT2D eigenvalue weighted by Gasteiger charge is 2.36. The lowest BCUT2D eigenvalue weighted by Gasteiger charge is -2.21. The summed E-state index contributed by atoms with van der Waals surface area (Å²) < 4.78 is 0. The van der Waals surface area contributed by atoms with Gasteiger partial charge in [0.25, 0.3) is 0 Å². The van der Waals surface area contributed by atoms with Gasteiger partial charge < -0.3 is 16.0 Å². The van der Waals surface area contributed by atoms with Crippen LogP contribution in [-0.2, 0) is 16.1 Å². The van der Waals surface area contributed by atoms with Crippen molar-refractivity contribution < 1.29 is 9.59 Å². The van der Waals surface area contributed by atoms with Crippen LogP contribution in [0.4, 0.5) is 0 Å². The highest BCUT2D eigenvalue weighted by Crippen LogP contribution is 2.24. The van der Waals surface area contributed by atoms with Crippen molar-refractivity contribution in [3.63, 3.8) is 0 Å². The molecular weight excluding hydrogens is 254 g/mol. The molecular formula is C15H21N3O2. The van der Waals surface area contributed by atoms with Gasteiger partial charge in [-0.15, -0.1) is 0 Å². The first-order chi connectivity index (χ1) is 9.60. The molecule has 108 valence electrons. The molecule has 0 bridgehead atoms. The third kappa shape index (κ3) is 3.81. The van der Waals surface area contributed by atoms with Crippen molar-refractivity contribution in [3.05, 3.63) is 35.9 Å². The molecule has 1 saturated heterocycles. The van der Waals surface area contributed by atoms with Gasteiger partial charge in [-0.25, -0.2) is 0 Å². The van der Waals surface area contributed by atoms with E-state index in [1.807, 2.05) is 37.3 Å². The molecule has 1 aromatic rings. The zero-order chi connectivity index (χ0) is 14.4. The van der Waals surface area contributed by atoms with Gasteiger partial charge in [-0.05, 0) is 25.5 Å². The fourth-order valence-corrected chi connectivity index (χ4v) is 2.24. The maximum atomic E-state index is 12.0. The van der Waals surface area contributed by atoms with Crippen molar-refractivity contribution in [3.8, 4) is 0 Å². The number of rotatable bonds is 5. The Balaban J connectivity index is 1.71. The summed E-state index contributed by atoms with van der Waals surface area (Å²) in [5, 5.41) is 8.66. The molecule has 0 radical (unpaired) electrons. The number of carbonyl (C=O) groups is 2. The van der Waals surface area contributed by atoms with E-state index in [1.165, 1.54) is 0 Å². The Morgan fingerprint density at radius 2 is 2.00 bits per heavy atom. The van der Waals surface area contributed by atoms with Gasteiger partial charge in [0.05, 0.1) is 12.0 Å². The number of benzene rings is 1. The Morgan fingerprint density at radius 1 is 1.25 bits per heavy atom. The average molecular weight is 275 g/mol. The monoisotopic (exact) mass is 275 g/mol. The van der Waals surface area contributed by atoms with Gasteiger partial charge in [0.15, 0.2) is 0 Å². The Bertz CT molecular complexity index is 467. The molecule has 0 aliphatic carbocycles. The van der Waals surface area contributed by atoms with E-state index < -0.39 is 0 Å². The normalized spacial score (nSPS) is 21.4. The molecule has 0 spiro atoms. The van der Waals surface area contributed by atoms with Crippen LogP contribution in [0.25, 0.3) is 0 Å². The maximum absolute atomic E-state index is 12.0. The summed E-state index contributed by atoms with van der Waals surface area (Å²) >= 11 is 0. The topological polar surface area (TPSA) is 70.2 Å². The van der Waals surface area contributed by atoms with E-state index in [2.05, 4.69) is 16.0 Å². The molecule has 2 rings (SSSR count). The first kappa shape index (κ1) is 14.5. The van der Waals surface area contributed by atoms with Gasteiger partial charge in [-0.2, -0.15) is 0 Å². The zero-order valence-electron chi connectivity index (χ0n) is 11.7. The van der Waals surface area contributed by atoms with Gasteiger partial charge >= 0.3 is 0 Å². The standard InChI is InChI=1S/C15H21N3O2/c1-15(7-8-16-11-15)14(20)18-10-13(19)17-9-12-5-3-2-4-6-12/h2-6,16H,7-11H2,1H3,(H,17,19)(H,18,20). The van der Waals surface area contributed by atoms with Gasteiger partial charge in [0.2, 0.25) is 11.8 Å². The number of nitrogens with one attached hydrogen (secondary N) is 3. The summed E-state index contributed by atoms with van der Waals surface area (Å²) in [5.41, 5.74) is 0.652. The van der Waals surface area contributed by atoms with E-state index in [4.69, 9.17) is 0 Å². The average Bonchev–Trinajstić information content (AvgIpc) is 2.92. The number of amides is 2. The molecule has 2 amide bonds. The van der Waals surface area contributed by atoms with Crippen molar-refractivity contribution in [1.82, 2.24) is 16.0 Å². The van der Waals surface area contributed by atoms with E-state index in [-0.39, 0.29) is 23.8 Å². The van der Waals surface area contributed by atoms with E-state index >= 15 is 0 Å². The minimum atomic E-state index is -0.389. The smallest absolute Gasteiger partial charge is 0.239 e. The second kappa shape index (κ2) is 6.52. The van der Waals surface area contributed by atoms with Gasteiger partial charge in [-0.3, -0.25) is 9.59 Å². The zero-order valence-corrected chi connectivity index (χ0v) is 11.7. The highest BCUT2D eigenvalue weighted by molar-refractivity contribution is 5.88. The lowest BCUT2D eigenvalue weighted by Crippen LogP contribution is -2.44. The third-order valence-electron chi connectivity index (χ3n) is 3.66. The number of carbonyl (C=O) groups excluding carboxylic acids is 2. The quantitative estimate of drug-likeness (QED) is 0.729. The third-order valence-corrected chi connectivity index (χ3v) is 3.66. The van der Waals surface area contributed by atoms with Crippen molar-refractivity contribution in [2.75, 3.05) is 19.6 Å². The summed E-state index contributed by atoms with van der Waals surface area (Å²) in [4.78, 5) is 23.7. The van der Waals surface area contributed by atoms with E-state index in [0.29, 0.717) is 13.1 Å². The SMILES string of the molecule is CC1(C(=O)NCC(=O)NCc2ccccc2)CCNC1. The van der Waals surface area contributed by atoms with Crippen LogP contribution < -0.4 is 16.0 Å². The van der Waals surface area contributed by atoms with E-state index in [9.17, 15) is 9.59 Å². The van der Waals surface area contributed by atoms with Gasteiger partial charge in [0.1, 0.15) is 0 Å².